The summed E-state index contributed by atoms with van der Waals surface area (Å²) in [5.74, 6) is 0.595. The van der Waals surface area contributed by atoms with Gasteiger partial charge in [-0.2, -0.15) is 13.2 Å². The van der Waals surface area contributed by atoms with Gasteiger partial charge in [0.25, 0.3) is 0 Å². The molecule has 0 atom stereocenters. The van der Waals surface area contributed by atoms with E-state index in [1.54, 1.807) is 30.3 Å². The van der Waals surface area contributed by atoms with Gasteiger partial charge in [0.05, 0.1) is 5.56 Å². The number of ether oxygens (including phenoxy) is 1. The molecule has 26 heavy (non-hydrogen) atoms. The molecule has 0 unspecified atom stereocenters. The average Bonchev–Trinajstić information content (AvgIpc) is 2.66. The van der Waals surface area contributed by atoms with Crippen molar-refractivity contribution in [3.63, 3.8) is 0 Å². The summed E-state index contributed by atoms with van der Waals surface area (Å²) in [7, 11) is 0. The maximum absolute atomic E-state index is 13.1. The minimum Gasteiger partial charge on any atom is -0.489 e. The lowest BCUT2D eigenvalue weighted by molar-refractivity contribution is -0.137. The Balaban J connectivity index is 1.88. The largest absolute Gasteiger partial charge is 0.489 e. The summed E-state index contributed by atoms with van der Waals surface area (Å²) in [4.78, 5) is 0. The van der Waals surface area contributed by atoms with Crippen LogP contribution in [0.3, 0.4) is 0 Å². The summed E-state index contributed by atoms with van der Waals surface area (Å²) in [5.41, 5.74) is 7.42. The van der Waals surface area contributed by atoms with Gasteiger partial charge in [-0.3, -0.25) is 0 Å². The van der Waals surface area contributed by atoms with Crippen LogP contribution in [0.15, 0.2) is 72.8 Å². The fourth-order valence-corrected chi connectivity index (χ4v) is 2.65. The van der Waals surface area contributed by atoms with Crippen LogP contribution in [0, 0.1) is 0 Å². The molecule has 0 aromatic heterocycles. The molecule has 0 aliphatic carbocycles. The molecule has 5 heteroatoms. The van der Waals surface area contributed by atoms with Crippen molar-refractivity contribution in [2.75, 3.05) is 0 Å². The highest BCUT2D eigenvalue weighted by Crippen LogP contribution is 2.34. The normalized spacial score (nSPS) is 11.4. The summed E-state index contributed by atoms with van der Waals surface area (Å²) in [6.45, 7) is 0.433. The van der Waals surface area contributed by atoms with Crippen molar-refractivity contribution < 1.29 is 17.9 Å². The number of nitrogens with two attached hydrogens (primary N) is 1. The van der Waals surface area contributed by atoms with E-state index in [4.69, 9.17) is 10.5 Å². The van der Waals surface area contributed by atoms with Gasteiger partial charge in [-0.15, -0.1) is 0 Å². The van der Waals surface area contributed by atoms with Crippen LogP contribution in [0.2, 0.25) is 0 Å². The number of hydrogen-bond acceptors (Lipinski definition) is 2. The molecule has 2 nitrogen and oxygen atoms in total. The molecule has 3 aromatic rings. The smallest absolute Gasteiger partial charge is 0.416 e. The lowest BCUT2D eigenvalue weighted by atomic mass is 9.99. The van der Waals surface area contributed by atoms with Gasteiger partial charge in [-0.1, -0.05) is 42.5 Å². The molecule has 0 fully saturated rings. The number of halogens is 3. The summed E-state index contributed by atoms with van der Waals surface area (Å²) in [6.07, 6.45) is -4.42. The van der Waals surface area contributed by atoms with Crippen molar-refractivity contribution >= 4 is 0 Å². The second-order valence-electron chi connectivity index (χ2n) is 5.92. The lowest BCUT2D eigenvalue weighted by Gasteiger charge is -2.13. The second kappa shape index (κ2) is 7.62. The van der Waals surface area contributed by atoms with Crippen LogP contribution in [0.1, 0.15) is 16.7 Å². The predicted octanol–water partition coefficient (Wildman–Crippen LogP) is 5.41. The van der Waals surface area contributed by atoms with Gasteiger partial charge in [0, 0.05) is 6.54 Å². The SMILES string of the molecule is NCc1cc(-c2cccc(OCc3ccccc3)c2)cc(C(F)(F)F)c1. The molecule has 0 aliphatic heterocycles. The molecule has 0 spiro atoms. The first kappa shape index (κ1) is 18.0. The van der Waals surface area contributed by atoms with Crippen LogP contribution in [0.5, 0.6) is 5.75 Å². The van der Waals surface area contributed by atoms with E-state index in [2.05, 4.69) is 0 Å². The van der Waals surface area contributed by atoms with E-state index in [9.17, 15) is 13.2 Å². The third-order valence-corrected chi connectivity index (χ3v) is 3.97. The van der Waals surface area contributed by atoms with Crippen molar-refractivity contribution in [1.82, 2.24) is 0 Å². The van der Waals surface area contributed by atoms with Gasteiger partial charge < -0.3 is 10.5 Å². The number of rotatable bonds is 5. The Morgan fingerprint density at radius 2 is 1.54 bits per heavy atom. The van der Waals surface area contributed by atoms with Gasteiger partial charge in [0.15, 0.2) is 0 Å². The zero-order chi connectivity index (χ0) is 18.6. The predicted molar refractivity (Wildman–Crippen MR) is 95.5 cm³/mol. The highest BCUT2D eigenvalue weighted by Gasteiger charge is 2.31. The Labute approximate surface area is 150 Å². The molecule has 0 radical (unpaired) electrons. The molecule has 134 valence electrons. The van der Waals surface area contributed by atoms with Crippen LogP contribution in [-0.2, 0) is 19.3 Å². The van der Waals surface area contributed by atoms with E-state index in [1.807, 2.05) is 30.3 Å². The molecule has 0 amide bonds. The summed E-state index contributed by atoms with van der Waals surface area (Å²) < 4.78 is 45.1. The fourth-order valence-electron chi connectivity index (χ4n) is 2.65. The lowest BCUT2D eigenvalue weighted by Crippen LogP contribution is -2.07. The van der Waals surface area contributed by atoms with Crippen molar-refractivity contribution in [3.8, 4) is 16.9 Å². The topological polar surface area (TPSA) is 35.2 Å². The maximum Gasteiger partial charge on any atom is 0.416 e. The Morgan fingerprint density at radius 1 is 0.769 bits per heavy atom. The number of alkyl halides is 3. The molecule has 2 N–H and O–H groups in total. The van der Waals surface area contributed by atoms with Crippen molar-refractivity contribution in [1.29, 1.82) is 0 Å². The van der Waals surface area contributed by atoms with Gasteiger partial charge in [-0.05, 0) is 52.6 Å². The average molecular weight is 357 g/mol. The maximum atomic E-state index is 13.1. The van der Waals surface area contributed by atoms with Crippen LogP contribution in [-0.4, -0.2) is 0 Å². The second-order valence-corrected chi connectivity index (χ2v) is 5.92. The van der Waals surface area contributed by atoms with Gasteiger partial charge in [-0.25, -0.2) is 0 Å². The summed E-state index contributed by atoms with van der Waals surface area (Å²) >= 11 is 0. The van der Waals surface area contributed by atoms with E-state index in [0.29, 0.717) is 29.0 Å². The van der Waals surface area contributed by atoms with Crippen molar-refractivity contribution in [2.45, 2.75) is 19.3 Å². The molecule has 0 bridgehead atoms. The first-order chi connectivity index (χ1) is 12.5. The molecule has 0 saturated carbocycles. The van der Waals surface area contributed by atoms with Crippen LogP contribution >= 0.6 is 0 Å². The third kappa shape index (κ3) is 4.43. The fraction of sp³-hybridized carbons (Fsp3) is 0.143. The van der Waals surface area contributed by atoms with Crippen LogP contribution in [0.25, 0.3) is 11.1 Å². The van der Waals surface area contributed by atoms with E-state index in [0.717, 1.165) is 17.7 Å². The monoisotopic (exact) mass is 357 g/mol. The van der Waals surface area contributed by atoms with E-state index in [-0.39, 0.29) is 6.54 Å². The Kier molecular flexibility index (Phi) is 5.28. The van der Waals surface area contributed by atoms with E-state index < -0.39 is 11.7 Å². The highest BCUT2D eigenvalue weighted by molar-refractivity contribution is 5.67. The molecule has 0 heterocycles. The van der Waals surface area contributed by atoms with Gasteiger partial charge in [0.1, 0.15) is 12.4 Å². The van der Waals surface area contributed by atoms with Crippen LogP contribution in [0.4, 0.5) is 13.2 Å². The zero-order valence-electron chi connectivity index (χ0n) is 14.0. The zero-order valence-corrected chi connectivity index (χ0v) is 14.0. The molecular weight excluding hydrogens is 339 g/mol. The molecule has 3 rings (SSSR count). The molecule has 3 aromatic carbocycles. The van der Waals surface area contributed by atoms with Gasteiger partial charge in [0.2, 0.25) is 0 Å². The quantitative estimate of drug-likeness (QED) is 0.663. The number of hydrogen-bond donors (Lipinski definition) is 1. The minimum atomic E-state index is -4.42. The Morgan fingerprint density at radius 3 is 2.23 bits per heavy atom. The van der Waals surface area contributed by atoms with Crippen molar-refractivity contribution in [3.05, 3.63) is 89.5 Å². The Hall–Kier alpha value is -2.79. The third-order valence-electron chi connectivity index (χ3n) is 3.97. The molecule has 0 aliphatic rings. The molecular formula is C21H18F3NO. The molecule has 0 saturated heterocycles. The van der Waals surface area contributed by atoms with E-state index >= 15 is 0 Å². The standard InChI is InChI=1S/C21H18F3NO/c22-21(23,24)19-10-16(13-25)9-18(11-19)17-7-4-8-20(12-17)26-14-15-5-2-1-3-6-15/h1-12H,13-14,25H2. The van der Waals surface area contributed by atoms with Gasteiger partial charge >= 0.3 is 6.18 Å². The number of benzene rings is 3. The van der Waals surface area contributed by atoms with Crippen molar-refractivity contribution in [2.24, 2.45) is 5.73 Å². The van der Waals surface area contributed by atoms with E-state index in [1.165, 1.54) is 0 Å². The van der Waals surface area contributed by atoms with Crippen LogP contribution < -0.4 is 10.5 Å². The first-order valence-corrected chi connectivity index (χ1v) is 8.14. The summed E-state index contributed by atoms with van der Waals surface area (Å²) in [5, 5.41) is 0. The minimum absolute atomic E-state index is 0.0428. The highest BCUT2D eigenvalue weighted by atomic mass is 19.4. The summed E-state index contributed by atoms with van der Waals surface area (Å²) in [6, 6.07) is 20.6. The Bertz CT molecular complexity index is 876. The first-order valence-electron chi connectivity index (χ1n) is 8.14.